The summed E-state index contributed by atoms with van der Waals surface area (Å²) in [6, 6.07) is 0.129. The molecule has 1 fully saturated rings. The number of hydrogen-bond donors (Lipinski definition) is 2. The van der Waals surface area contributed by atoms with Crippen LogP contribution in [-0.4, -0.2) is 36.9 Å². The molecule has 5 nitrogen and oxygen atoms in total. The molecule has 0 radical (unpaired) electrons. The van der Waals surface area contributed by atoms with Gasteiger partial charge in [0.15, 0.2) is 9.84 Å². The Morgan fingerprint density at radius 1 is 1.32 bits per heavy atom. The standard InChI is InChI=1S/C13H26N2O3S/c1-10(19(17,18)9-13(2,3)14)12(16)15-11-7-5-4-6-8-11/h10-11H,4-9,14H2,1-3H3,(H,15,16). The highest BCUT2D eigenvalue weighted by Crippen LogP contribution is 2.18. The Morgan fingerprint density at radius 3 is 2.32 bits per heavy atom. The van der Waals surface area contributed by atoms with Crippen molar-refractivity contribution in [1.29, 1.82) is 0 Å². The van der Waals surface area contributed by atoms with Crippen molar-refractivity contribution in [2.75, 3.05) is 5.75 Å². The average molecular weight is 290 g/mol. The van der Waals surface area contributed by atoms with Gasteiger partial charge in [0, 0.05) is 11.6 Å². The molecule has 1 atom stereocenters. The third-order valence-corrected chi connectivity index (χ3v) is 5.87. The van der Waals surface area contributed by atoms with Crippen LogP contribution in [0.15, 0.2) is 0 Å². The van der Waals surface area contributed by atoms with Crippen LogP contribution >= 0.6 is 0 Å². The highest BCUT2D eigenvalue weighted by molar-refractivity contribution is 7.92. The second-order valence-electron chi connectivity index (χ2n) is 6.28. The summed E-state index contributed by atoms with van der Waals surface area (Å²) in [6.07, 6.45) is 5.28. The number of hydrogen-bond acceptors (Lipinski definition) is 4. The molecule has 19 heavy (non-hydrogen) atoms. The lowest BCUT2D eigenvalue weighted by Gasteiger charge is -2.25. The molecule has 1 saturated carbocycles. The van der Waals surface area contributed by atoms with E-state index in [4.69, 9.17) is 5.73 Å². The summed E-state index contributed by atoms with van der Waals surface area (Å²) < 4.78 is 24.2. The van der Waals surface area contributed by atoms with Gasteiger partial charge in [-0.1, -0.05) is 19.3 Å². The van der Waals surface area contributed by atoms with Crippen LogP contribution in [0, 0.1) is 0 Å². The van der Waals surface area contributed by atoms with Crippen molar-refractivity contribution in [2.45, 2.75) is 69.7 Å². The lowest BCUT2D eigenvalue weighted by molar-refractivity contribution is -0.121. The van der Waals surface area contributed by atoms with Gasteiger partial charge < -0.3 is 11.1 Å². The Labute approximate surface area is 116 Å². The van der Waals surface area contributed by atoms with E-state index in [1.807, 2.05) is 0 Å². The second kappa shape index (κ2) is 6.22. The highest BCUT2D eigenvalue weighted by Gasteiger charge is 2.33. The predicted octanol–water partition coefficient (Wildman–Crippen LogP) is 0.976. The van der Waals surface area contributed by atoms with Crippen molar-refractivity contribution in [3.05, 3.63) is 0 Å². The van der Waals surface area contributed by atoms with E-state index in [9.17, 15) is 13.2 Å². The molecule has 0 saturated heterocycles. The Hall–Kier alpha value is -0.620. The number of carbonyl (C=O) groups excluding carboxylic acids is 1. The molecule has 0 aromatic rings. The molecule has 1 rings (SSSR count). The van der Waals surface area contributed by atoms with Crippen LogP contribution in [0.5, 0.6) is 0 Å². The van der Waals surface area contributed by atoms with Crippen LogP contribution in [0.1, 0.15) is 52.9 Å². The molecule has 0 aliphatic heterocycles. The van der Waals surface area contributed by atoms with Crippen LogP contribution in [-0.2, 0) is 14.6 Å². The second-order valence-corrected chi connectivity index (χ2v) is 8.60. The molecule has 1 aliphatic rings. The van der Waals surface area contributed by atoms with E-state index >= 15 is 0 Å². The molecule has 1 amide bonds. The molecule has 1 unspecified atom stereocenters. The third-order valence-electron chi connectivity index (χ3n) is 3.43. The van der Waals surface area contributed by atoms with Gasteiger partial charge in [-0.15, -0.1) is 0 Å². The summed E-state index contributed by atoms with van der Waals surface area (Å²) in [7, 11) is -3.51. The largest absolute Gasteiger partial charge is 0.352 e. The molecule has 0 heterocycles. The van der Waals surface area contributed by atoms with Crippen LogP contribution in [0.2, 0.25) is 0 Å². The maximum absolute atomic E-state index is 12.1. The van der Waals surface area contributed by atoms with Gasteiger partial charge in [-0.25, -0.2) is 8.42 Å². The van der Waals surface area contributed by atoms with Gasteiger partial charge in [0.25, 0.3) is 0 Å². The number of nitrogens with two attached hydrogens (primary N) is 1. The van der Waals surface area contributed by atoms with E-state index in [0.29, 0.717) is 0 Å². The predicted molar refractivity (Wildman–Crippen MR) is 76.5 cm³/mol. The zero-order valence-corrected chi connectivity index (χ0v) is 12.9. The van der Waals surface area contributed by atoms with Gasteiger partial charge in [0.1, 0.15) is 5.25 Å². The summed E-state index contributed by atoms with van der Waals surface area (Å²) in [5.41, 5.74) is 4.91. The van der Waals surface area contributed by atoms with Gasteiger partial charge in [-0.3, -0.25) is 4.79 Å². The zero-order valence-electron chi connectivity index (χ0n) is 12.1. The van der Waals surface area contributed by atoms with Crippen molar-refractivity contribution >= 4 is 15.7 Å². The molecule has 3 N–H and O–H groups in total. The molecular weight excluding hydrogens is 264 g/mol. The first-order chi connectivity index (χ1) is 8.62. The number of carbonyl (C=O) groups is 1. The molecule has 0 aromatic carbocycles. The minimum atomic E-state index is -3.51. The first-order valence-electron chi connectivity index (χ1n) is 6.93. The third kappa shape index (κ3) is 5.48. The normalized spacial score (nSPS) is 20.0. The van der Waals surface area contributed by atoms with Crippen LogP contribution in [0.25, 0.3) is 0 Å². The molecule has 6 heteroatoms. The van der Waals surface area contributed by atoms with Gasteiger partial charge in [0.2, 0.25) is 5.91 Å². The van der Waals surface area contributed by atoms with E-state index in [1.54, 1.807) is 13.8 Å². The van der Waals surface area contributed by atoms with Gasteiger partial charge in [0.05, 0.1) is 5.75 Å². The number of rotatable bonds is 5. The minimum absolute atomic E-state index is 0.129. The number of amides is 1. The topological polar surface area (TPSA) is 89.3 Å². The summed E-state index contributed by atoms with van der Waals surface area (Å²) >= 11 is 0. The van der Waals surface area contributed by atoms with E-state index in [0.717, 1.165) is 25.7 Å². The van der Waals surface area contributed by atoms with Crippen LogP contribution < -0.4 is 11.1 Å². The first kappa shape index (κ1) is 16.4. The Bertz CT molecular complexity index is 406. The van der Waals surface area contributed by atoms with Crippen molar-refractivity contribution in [3.8, 4) is 0 Å². The fraction of sp³-hybridized carbons (Fsp3) is 0.923. The lowest BCUT2D eigenvalue weighted by atomic mass is 9.95. The summed E-state index contributed by atoms with van der Waals surface area (Å²) in [6.45, 7) is 4.74. The zero-order chi connectivity index (χ0) is 14.7. The lowest BCUT2D eigenvalue weighted by Crippen LogP contribution is -2.48. The van der Waals surface area contributed by atoms with Crippen LogP contribution in [0.3, 0.4) is 0 Å². The van der Waals surface area contributed by atoms with Gasteiger partial charge in [-0.05, 0) is 33.6 Å². The minimum Gasteiger partial charge on any atom is -0.352 e. The van der Waals surface area contributed by atoms with E-state index in [-0.39, 0.29) is 11.8 Å². The van der Waals surface area contributed by atoms with Crippen LogP contribution in [0.4, 0.5) is 0 Å². The Morgan fingerprint density at radius 2 is 1.84 bits per heavy atom. The van der Waals surface area contributed by atoms with Crippen molar-refractivity contribution in [3.63, 3.8) is 0 Å². The van der Waals surface area contributed by atoms with Gasteiger partial charge >= 0.3 is 0 Å². The van der Waals surface area contributed by atoms with E-state index < -0.39 is 26.5 Å². The molecular formula is C13H26N2O3S. The smallest absolute Gasteiger partial charge is 0.238 e. The molecule has 0 spiro atoms. The number of sulfone groups is 1. The first-order valence-corrected chi connectivity index (χ1v) is 8.64. The summed E-state index contributed by atoms with van der Waals surface area (Å²) in [4.78, 5) is 12.0. The fourth-order valence-corrected chi connectivity index (χ4v) is 4.05. The highest BCUT2D eigenvalue weighted by atomic mass is 32.2. The Kier molecular flexibility index (Phi) is 5.38. The monoisotopic (exact) mass is 290 g/mol. The molecule has 1 aliphatic carbocycles. The van der Waals surface area contributed by atoms with Crippen molar-refractivity contribution < 1.29 is 13.2 Å². The quantitative estimate of drug-likeness (QED) is 0.789. The molecule has 112 valence electrons. The van der Waals surface area contributed by atoms with Crippen molar-refractivity contribution in [1.82, 2.24) is 5.32 Å². The Balaban J connectivity index is 2.60. The molecule has 0 aromatic heterocycles. The van der Waals surface area contributed by atoms with Crippen molar-refractivity contribution in [2.24, 2.45) is 5.73 Å². The maximum Gasteiger partial charge on any atom is 0.238 e. The fourth-order valence-electron chi connectivity index (χ4n) is 2.37. The van der Waals surface area contributed by atoms with E-state index in [1.165, 1.54) is 13.3 Å². The summed E-state index contributed by atoms with van der Waals surface area (Å²) in [5.74, 6) is -0.574. The maximum atomic E-state index is 12.1. The molecule has 0 bridgehead atoms. The van der Waals surface area contributed by atoms with Gasteiger partial charge in [-0.2, -0.15) is 0 Å². The summed E-state index contributed by atoms with van der Waals surface area (Å²) in [5, 5.41) is 1.82. The van der Waals surface area contributed by atoms with E-state index in [2.05, 4.69) is 5.32 Å². The number of nitrogens with one attached hydrogen (secondary N) is 1. The average Bonchev–Trinajstić information content (AvgIpc) is 2.26. The SMILES string of the molecule is CC(C(=O)NC1CCCCC1)S(=O)(=O)CC(C)(C)N.